The highest BCUT2D eigenvalue weighted by Crippen LogP contribution is 2.72. The van der Waals surface area contributed by atoms with E-state index in [1.165, 1.54) is 38.5 Å². The summed E-state index contributed by atoms with van der Waals surface area (Å²) in [6, 6.07) is 0. The van der Waals surface area contributed by atoms with Gasteiger partial charge in [-0.1, -0.05) is 13.8 Å². The van der Waals surface area contributed by atoms with Crippen molar-refractivity contribution < 1.29 is 19.7 Å². The lowest BCUT2D eigenvalue weighted by Gasteiger charge is -2.67. The molecule has 5 heteroatoms. The van der Waals surface area contributed by atoms with Crippen LogP contribution < -0.4 is 0 Å². The fourth-order valence-corrected chi connectivity index (χ4v) is 8.50. The monoisotopic (exact) mass is 451 g/mol. The summed E-state index contributed by atoms with van der Waals surface area (Å²) in [5.74, 6) is 0.771. The first-order chi connectivity index (χ1) is 15.4. The Morgan fingerprint density at radius 1 is 0.844 bits per heavy atom. The summed E-state index contributed by atoms with van der Waals surface area (Å²) in [6.07, 6.45) is 15.6. The summed E-state index contributed by atoms with van der Waals surface area (Å²) in [6.45, 7) is 8.52. The van der Waals surface area contributed by atoms with Crippen molar-refractivity contribution in [2.24, 2.45) is 22.2 Å². The average Bonchev–Trinajstić information content (AvgIpc) is 2.76. The number of hydrogen-bond acceptors (Lipinski definition) is 5. The maximum absolute atomic E-state index is 12.2. The van der Waals surface area contributed by atoms with E-state index in [2.05, 4.69) is 18.7 Å². The van der Waals surface area contributed by atoms with E-state index in [1.54, 1.807) is 0 Å². The minimum absolute atomic E-state index is 0.0403. The van der Waals surface area contributed by atoms with Gasteiger partial charge in [0.05, 0.1) is 6.61 Å². The predicted octanol–water partition coefficient (Wildman–Crippen LogP) is 4.93. The molecule has 186 valence electrons. The second kappa shape index (κ2) is 11.7. The second-order valence-electron chi connectivity index (χ2n) is 11.6. The van der Waals surface area contributed by atoms with E-state index in [9.17, 15) is 15.0 Å². The van der Waals surface area contributed by atoms with Crippen molar-refractivity contribution in [3.05, 3.63) is 0 Å². The van der Waals surface area contributed by atoms with Crippen molar-refractivity contribution in [2.75, 3.05) is 39.5 Å². The van der Waals surface area contributed by atoms with Crippen LogP contribution in [0.3, 0.4) is 0 Å². The standard InChI is InChI=1S/C27H49NO4/c1-3-28(4-2)13-5-9-24(31)32-16-8-12-27-19-23-17-25(21-27,10-6-14-29)20-26(18-23,22-27)11-7-15-30/h23,29-30H,3-22H2,1-2H3. The highest BCUT2D eigenvalue weighted by molar-refractivity contribution is 5.69. The summed E-state index contributed by atoms with van der Waals surface area (Å²) in [5.41, 5.74) is 1.19. The zero-order valence-corrected chi connectivity index (χ0v) is 20.9. The van der Waals surface area contributed by atoms with Crippen molar-refractivity contribution in [1.29, 1.82) is 0 Å². The quantitative estimate of drug-likeness (QED) is 0.257. The highest BCUT2D eigenvalue weighted by Gasteiger charge is 2.61. The van der Waals surface area contributed by atoms with E-state index in [0.717, 1.165) is 70.5 Å². The third-order valence-electron chi connectivity index (χ3n) is 9.01. The topological polar surface area (TPSA) is 70.0 Å². The third kappa shape index (κ3) is 6.48. The molecule has 0 spiro atoms. The minimum atomic E-state index is -0.0403. The van der Waals surface area contributed by atoms with E-state index in [4.69, 9.17) is 4.74 Å². The van der Waals surface area contributed by atoms with Crippen molar-refractivity contribution in [2.45, 2.75) is 104 Å². The molecule has 2 N–H and O–H groups in total. The van der Waals surface area contributed by atoms with Gasteiger partial charge in [-0.05, 0) is 125 Å². The molecule has 4 aliphatic carbocycles. The van der Waals surface area contributed by atoms with Crippen molar-refractivity contribution in [3.63, 3.8) is 0 Å². The zero-order valence-electron chi connectivity index (χ0n) is 20.9. The second-order valence-corrected chi connectivity index (χ2v) is 11.6. The van der Waals surface area contributed by atoms with E-state index >= 15 is 0 Å². The third-order valence-corrected chi connectivity index (χ3v) is 9.01. The summed E-state index contributed by atoms with van der Waals surface area (Å²) < 4.78 is 5.61. The van der Waals surface area contributed by atoms with Gasteiger partial charge in [0, 0.05) is 19.6 Å². The minimum Gasteiger partial charge on any atom is -0.466 e. The Morgan fingerprint density at radius 2 is 1.34 bits per heavy atom. The number of esters is 1. The molecule has 32 heavy (non-hydrogen) atoms. The summed E-state index contributed by atoms with van der Waals surface area (Å²) in [4.78, 5) is 14.5. The number of aliphatic hydroxyl groups is 2. The van der Waals surface area contributed by atoms with Gasteiger partial charge in [-0.15, -0.1) is 0 Å². The first kappa shape index (κ1) is 26.0. The van der Waals surface area contributed by atoms with Gasteiger partial charge < -0.3 is 19.8 Å². The van der Waals surface area contributed by atoms with Gasteiger partial charge in [0.1, 0.15) is 0 Å². The molecular weight excluding hydrogens is 402 g/mol. The molecule has 4 rings (SSSR count). The van der Waals surface area contributed by atoms with Crippen LogP contribution in [0.2, 0.25) is 0 Å². The fraction of sp³-hybridized carbons (Fsp3) is 0.963. The predicted molar refractivity (Wildman–Crippen MR) is 128 cm³/mol. The number of ether oxygens (including phenoxy) is 1. The van der Waals surface area contributed by atoms with Gasteiger partial charge in [-0.25, -0.2) is 0 Å². The van der Waals surface area contributed by atoms with Crippen LogP contribution in [-0.2, 0) is 9.53 Å². The van der Waals surface area contributed by atoms with Crippen molar-refractivity contribution in [1.82, 2.24) is 4.90 Å². The molecule has 0 aromatic rings. The zero-order chi connectivity index (χ0) is 23.1. The van der Waals surface area contributed by atoms with Crippen LogP contribution in [0.25, 0.3) is 0 Å². The lowest BCUT2D eigenvalue weighted by Crippen LogP contribution is -2.57. The maximum atomic E-state index is 12.2. The molecule has 0 radical (unpaired) electrons. The molecule has 0 aromatic carbocycles. The van der Waals surface area contributed by atoms with Gasteiger partial charge >= 0.3 is 5.97 Å². The Labute approximate surface area is 196 Å². The molecular formula is C27H49NO4. The molecule has 4 bridgehead atoms. The number of rotatable bonds is 16. The van der Waals surface area contributed by atoms with Crippen LogP contribution in [0.4, 0.5) is 0 Å². The summed E-state index contributed by atoms with van der Waals surface area (Å²) in [7, 11) is 0. The van der Waals surface area contributed by atoms with Crippen LogP contribution in [0.15, 0.2) is 0 Å². The van der Waals surface area contributed by atoms with E-state index in [1.807, 2.05) is 0 Å². The van der Waals surface area contributed by atoms with Crippen molar-refractivity contribution >= 4 is 5.97 Å². The Hall–Kier alpha value is -0.650. The molecule has 4 fully saturated rings. The van der Waals surface area contributed by atoms with Gasteiger partial charge in [0.2, 0.25) is 0 Å². The molecule has 0 aliphatic heterocycles. The lowest BCUT2D eigenvalue weighted by atomic mass is 9.37. The normalized spacial score (nSPS) is 33.2. The van der Waals surface area contributed by atoms with Crippen molar-refractivity contribution in [3.8, 4) is 0 Å². The SMILES string of the molecule is CCN(CC)CCCC(=O)OCCCC12CC3CC(CCCO)(CC(CCCO)(C3)C1)C2. The molecule has 0 heterocycles. The summed E-state index contributed by atoms with van der Waals surface area (Å²) >= 11 is 0. The molecule has 4 aliphatic rings. The first-order valence-corrected chi connectivity index (χ1v) is 13.5. The number of aliphatic hydroxyl groups excluding tert-OH is 2. The Bertz CT molecular complexity index is 566. The van der Waals surface area contributed by atoms with E-state index < -0.39 is 0 Å². The molecule has 2 unspecified atom stereocenters. The molecule has 0 aromatic heterocycles. The molecule has 4 saturated carbocycles. The van der Waals surface area contributed by atoms with E-state index in [-0.39, 0.29) is 5.97 Å². The smallest absolute Gasteiger partial charge is 0.305 e. The largest absolute Gasteiger partial charge is 0.466 e. The number of carbonyl (C=O) groups is 1. The Kier molecular flexibility index (Phi) is 9.46. The number of carbonyl (C=O) groups excluding carboxylic acids is 1. The highest BCUT2D eigenvalue weighted by atomic mass is 16.5. The van der Waals surface area contributed by atoms with Crippen LogP contribution in [0.5, 0.6) is 0 Å². The van der Waals surface area contributed by atoms with Crippen LogP contribution in [0.1, 0.15) is 104 Å². The van der Waals surface area contributed by atoms with Gasteiger partial charge in [0.15, 0.2) is 0 Å². The van der Waals surface area contributed by atoms with Gasteiger partial charge in [-0.2, -0.15) is 0 Å². The molecule has 0 saturated heterocycles. The number of hydrogen-bond donors (Lipinski definition) is 2. The van der Waals surface area contributed by atoms with Gasteiger partial charge in [0.25, 0.3) is 0 Å². The summed E-state index contributed by atoms with van der Waals surface area (Å²) in [5, 5.41) is 19.0. The average molecular weight is 452 g/mol. The Morgan fingerprint density at radius 3 is 1.81 bits per heavy atom. The van der Waals surface area contributed by atoms with Gasteiger partial charge in [-0.3, -0.25) is 4.79 Å². The fourth-order valence-electron chi connectivity index (χ4n) is 8.50. The molecule has 2 atom stereocenters. The van der Waals surface area contributed by atoms with Crippen LogP contribution in [0, 0.1) is 22.2 Å². The van der Waals surface area contributed by atoms with Crippen LogP contribution in [-0.4, -0.2) is 60.5 Å². The first-order valence-electron chi connectivity index (χ1n) is 13.5. The maximum Gasteiger partial charge on any atom is 0.305 e. The van der Waals surface area contributed by atoms with E-state index in [0.29, 0.717) is 42.5 Å². The lowest BCUT2D eigenvalue weighted by molar-refractivity contribution is -0.171. The molecule has 5 nitrogen and oxygen atoms in total. The number of nitrogens with zero attached hydrogens (tertiary/aromatic N) is 1. The Balaban J connectivity index is 1.50. The molecule has 0 amide bonds. The van der Waals surface area contributed by atoms with Crippen LogP contribution >= 0.6 is 0 Å².